The van der Waals surface area contributed by atoms with Gasteiger partial charge in [0.05, 0.1) is 12.5 Å². The highest BCUT2D eigenvalue weighted by molar-refractivity contribution is 7.81. The van der Waals surface area contributed by atoms with E-state index in [0.29, 0.717) is 31.7 Å². The van der Waals surface area contributed by atoms with Crippen molar-refractivity contribution >= 4 is 49.2 Å². The Balaban J connectivity index is 0.00000240. The number of likely N-dealkylation sites (tertiary alicyclic amines) is 1. The summed E-state index contributed by atoms with van der Waals surface area (Å²) < 4.78 is 14.6. The number of hydrogen-bond donors (Lipinski definition) is 2. The SMILES string of the molecule is CN(C/C=C1/CN(C(C(=O)C2CC2)c2ccccc2F)CCC1S)CCC(=O)O.Cl.Cl. The predicted octanol–water partition coefficient (Wildman–Crippen LogP) is 4.03. The van der Waals surface area contributed by atoms with Crippen LogP contribution in [-0.2, 0) is 9.59 Å². The van der Waals surface area contributed by atoms with Crippen molar-refractivity contribution in [2.45, 2.75) is 37.0 Å². The largest absolute Gasteiger partial charge is 0.481 e. The molecule has 2 atom stereocenters. The number of likely N-dealkylation sites (N-methyl/N-ethyl adjacent to an activating group) is 1. The molecule has 5 nitrogen and oxygen atoms in total. The highest BCUT2D eigenvalue weighted by Gasteiger charge is 2.40. The van der Waals surface area contributed by atoms with Gasteiger partial charge in [-0.1, -0.05) is 24.3 Å². The quantitative estimate of drug-likeness (QED) is 0.402. The lowest BCUT2D eigenvalue weighted by atomic mass is 9.93. The average molecular weight is 493 g/mol. The van der Waals surface area contributed by atoms with E-state index in [0.717, 1.165) is 24.8 Å². The van der Waals surface area contributed by atoms with Crippen LogP contribution in [0.15, 0.2) is 35.9 Å². The number of ketones is 1. The maximum absolute atomic E-state index is 14.6. The van der Waals surface area contributed by atoms with Crippen LogP contribution < -0.4 is 0 Å². The number of halogens is 3. The van der Waals surface area contributed by atoms with E-state index < -0.39 is 12.0 Å². The Kier molecular flexibility index (Phi) is 11.5. The second kappa shape index (κ2) is 12.8. The number of rotatable bonds is 9. The summed E-state index contributed by atoms with van der Waals surface area (Å²) in [5, 5.41) is 8.92. The van der Waals surface area contributed by atoms with Gasteiger partial charge < -0.3 is 10.0 Å². The monoisotopic (exact) mass is 492 g/mol. The van der Waals surface area contributed by atoms with Crippen LogP contribution in [-0.4, -0.2) is 65.1 Å². The van der Waals surface area contributed by atoms with Crippen LogP contribution in [0, 0.1) is 11.7 Å². The number of Topliss-reactive ketones (excluding diaryl/α,β-unsaturated/α-hetero) is 1. The topological polar surface area (TPSA) is 60.9 Å². The van der Waals surface area contributed by atoms with Crippen molar-refractivity contribution in [3.63, 3.8) is 0 Å². The van der Waals surface area contributed by atoms with Gasteiger partial charge in [-0.15, -0.1) is 24.8 Å². The normalized spacial score (nSPS) is 21.3. The van der Waals surface area contributed by atoms with Gasteiger partial charge in [-0.25, -0.2) is 4.39 Å². The molecule has 0 amide bonds. The van der Waals surface area contributed by atoms with Gasteiger partial charge in [-0.2, -0.15) is 12.6 Å². The highest BCUT2D eigenvalue weighted by atomic mass is 35.5. The first kappa shape index (κ1) is 27.9. The summed E-state index contributed by atoms with van der Waals surface area (Å²) in [5.74, 6) is -0.987. The molecule has 1 saturated heterocycles. The fraction of sp³-hybridized carbons (Fsp3) is 0.545. The average Bonchev–Trinajstić information content (AvgIpc) is 3.53. The van der Waals surface area contributed by atoms with E-state index in [1.54, 1.807) is 18.2 Å². The zero-order chi connectivity index (χ0) is 21.0. The molecule has 3 rings (SSSR count). The fourth-order valence-corrected chi connectivity index (χ4v) is 4.08. The second-order valence-electron chi connectivity index (χ2n) is 8.06. The van der Waals surface area contributed by atoms with Gasteiger partial charge in [0.2, 0.25) is 0 Å². The van der Waals surface area contributed by atoms with Crippen molar-refractivity contribution in [3.05, 3.63) is 47.3 Å². The van der Waals surface area contributed by atoms with Crippen LogP contribution in [0.5, 0.6) is 0 Å². The van der Waals surface area contributed by atoms with E-state index in [-0.39, 0.29) is 54.0 Å². The van der Waals surface area contributed by atoms with Crippen LogP contribution in [0.3, 0.4) is 0 Å². The molecule has 1 saturated carbocycles. The molecule has 0 bridgehead atoms. The zero-order valence-electron chi connectivity index (χ0n) is 17.6. The molecule has 1 aromatic carbocycles. The lowest BCUT2D eigenvalue weighted by Crippen LogP contribution is -2.43. The third-order valence-electron chi connectivity index (χ3n) is 5.69. The van der Waals surface area contributed by atoms with Crippen molar-refractivity contribution in [2.24, 2.45) is 5.92 Å². The van der Waals surface area contributed by atoms with Crippen LogP contribution in [0.25, 0.3) is 0 Å². The molecule has 2 unspecified atom stereocenters. The first-order valence-corrected chi connectivity index (χ1v) is 10.7. The van der Waals surface area contributed by atoms with Crippen LogP contribution in [0.4, 0.5) is 4.39 Å². The molecule has 31 heavy (non-hydrogen) atoms. The molecule has 1 aromatic rings. The third-order valence-corrected chi connectivity index (χ3v) is 6.28. The number of carboxylic acids is 1. The van der Waals surface area contributed by atoms with Crippen LogP contribution >= 0.6 is 37.4 Å². The van der Waals surface area contributed by atoms with Gasteiger partial charge in [0, 0.05) is 42.9 Å². The number of carbonyl (C=O) groups is 2. The summed E-state index contributed by atoms with van der Waals surface area (Å²) >= 11 is 4.70. The van der Waals surface area contributed by atoms with E-state index >= 15 is 0 Å². The number of hydrogen-bond acceptors (Lipinski definition) is 5. The molecule has 0 radical (unpaired) electrons. The Bertz CT molecular complexity index is 792. The Hall–Kier alpha value is -1.12. The summed E-state index contributed by atoms with van der Waals surface area (Å²) in [5.41, 5.74) is 1.56. The van der Waals surface area contributed by atoms with Crippen molar-refractivity contribution in [2.75, 3.05) is 33.2 Å². The van der Waals surface area contributed by atoms with Gasteiger partial charge in [0.25, 0.3) is 0 Å². The van der Waals surface area contributed by atoms with Crippen molar-refractivity contribution in [1.82, 2.24) is 9.80 Å². The Morgan fingerprint density at radius 2 is 1.97 bits per heavy atom. The van der Waals surface area contributed by atoms with Crippen LogP contribution in [0.2, 0.25) is 0 Å². The van der Waals surface area contributed by atoms with E-state index in [1.165, 1.54) is 6.07 Å². The molecule has 1 N–H and O–H groups in total. The third kappa shape index (κ3) is 7.75. The lowest BCUT2D eigenvalue weighted by Gasteiger charge is -2.38. The number of carboxylic acid groups (broad SMARTS) is 1. The van der Waals surface area contributed by atoms with Gasteiger partial charge in [-0.3, -0.25) is 14.5 Å². The van der Waals surface area contributed by atoms with Gasteiger partial charge in [0.1, 0.15) is 5.82 Å². The Morgan fingerprint density at radius 3 is 2.58 bits per heavy atom. The fourth-order valence-electron chi connectivity index (χ4n) is 3.78. The van der Waals surface area contributed by atoms with E-state index in [2.05, 4.69) is 11.0 Å². The number of aliphatic carboxylic acids is 1. The zero-order valence-corrected chi connectivity index (χ0v) is 20.1. The Labute approximate surface area is 201 Å². The number of benzene rings is 1. The second-order valence-corrected chi connectivity index (χ2v) is 8.68. The number of carbonyl (C=O) groups excluding carboxylic acids is 1. The van der Waals surface area contributed by atoms with Gasteiger partial charge in [-0.05, 0) is 37.9 Å². The maximum atomic E-state index is 14.6. The van der Waals surface area contributed by atoms with Crippen molar-refractivity contribution in [1.29, 1.82) is 0 Å². The summed E-state index contributed by atoms with van der Waals surface area (Å²) in [4.78, 5) is 27.8. The first-order chi connectivity index (χ1) is 13.9. The lowest BCUT2D eigenvalue weighted by molar-refractivity contribution is -0.137. The van der Waals surface area contributed by atoms with Crippen molar-refractivity contribution in [3.8, 4) is 0 Å². The molecular weight excluding hydrogens is 462 g/mol. The molecule has 1 heterocycles. The summed E-state index contributed by atoms with van der Waals surface area (Å²) in [6, 6.07) is 6.01. The van der Waals surface area contributed by atoms with Gasteiger partial charge in [0.15, 0.2) is 5.78 Å². The Morgan fingerprint density at radius 1 is 1.29 bits per heavy atom. The molecule has 0 aromatic heterocycles. The first-order valence-electron chi connectivity index (χ1n) is 10.2. The number of thiol groups is 1. The van der Waals surface area contributed by atoms with E-state index in [4.69, 9.17) is 17.7 Å². The minimum Gasteiger partial charge on any atom is -0.481 e. The summed E-state index contributed by atoms with van der Waals surface area (Å²) in [6.45, 7) is 2.35. The molecule has 0 spiro atoms. The number of nitrogens with zero attached hydrogens (tertiary/aromatic N) is 2. The van der Waals surface area contributed by atoms with E-state index in [9.17, 15) is 14.0 Å². The van der Waals surface area contributed by atoms with Gasteiger partial charge >= 0.3 is 5.97 Å². The smallest absolute Gasteiger partial charge is 0.304 e. The molecule has 2 fully saturated rings. The predicted molar refractivity (Wildman–Crippen MR) is 128 cm³/mol. The molecule has 1 aliphatic heterocycles. The summed E-state index contributed by atoms with van der Waals surface area (Å²) in [7, 11) is 1.88. The molecule has 2 aliphatic rings. The standard InChI is InChI=1S/C22H29FN2O3S.2ClH/c1-24(12-10-20(26)27)11-8-16-14-25(13-9-19(16)29)21(22(28)15-6-7-15)17-4-2-3-5-18(17)23;;/h2-5,8,15,19,21,29H,6-7,9-14H2,1H3,(H,26,27);2*1H/b16-8-;;. The maximum Gasteiger partial charge on any atom is 0.304 e. The highest BCUT2D eigenvalue weighted by Crippen LogP contribution is 2.39. The molecule has 9 heteroatoms. The minimum absolute atomic E-state index is 0. The summed E-state index contributed by atoms with van der Waals surface area (Å²) in [6.07, 6.45) is 4.75. The van der Waals surface area contributed by atoms with E-state index in [1.807, 2.05) is 11.9 Å². The van der Waals surface area contributed by atoms with Crippen molar-refractivity contribution < 1.29 is 19.1 Å². The molecule has 174 valence electrons. The number of piperidine rings is 1. The molecular formula is C22H31Cl2FN2O3S. The minimum atomic E-state index is -0.813. The van der Waals surface area contributed by atoms with Crippen LogP contribution in [0.1, 0.15) is 37.3 Å². The molecule has 1 aliphatic carbocycles.